The average Bonchev–Trinajstić information content (AvgIpc) is 3.85. The zero-order valence-corrected chi connectivity index (χ0v) is 31.0. The summed E-state index contributed by atoms with van der Waals surface area (Å²) in [5.74, 6) is -3.26. The summed E-state index contributed by atoms with van der Waals surface area (Å²) in [6.45, 7) is 10.6. The number of thiazole rings is 2. The highest BCUT2D eigenvalue weighted by atomic mass is 32.1. The minimum absolute atomic E-state index is 0.106. The Hall–Kier alpha value is -5.10. The molecule has 52 heavy (non-hydrogen) atoms. The molecule has 2 fully saturated rings. The molecule has 0 aliphatic carbocycles. The minimum Gasteiger partial charge on any atom is -0.476 e. The molecule has 16 nitrogen and oxygen atoms in total. The highest BCUT2D eigenvalue weighted by Gasteiger charge is 2.42. The van der Waals surface area contributed by atoms with Crippen molar-refractivity contribution < 1.29 is 48.5 Å². The van der Waals surface area contributed by atoms with E-state index in [1.807, 2.05) is 0 Å². The van der Waals surface area contributed by atoms with Gasteiger partial charge in [0.05, 0.1) is 12.1 Å². The maximum atomic E-state index is 13.3. The Morgan fingerprint density at radius 3 is 1.31 bits per heavy atom. The van der Waals surface area contributed by atoms with E-state index in [0.717, 1.165) is 22.7 Å². The molecule has 0 bridgehead atoms. The number of rotatable bonds is 8. The van der Waals surface area contributed by atoms with Gasteiger partial charge in [-0.15, -0.1) is 22.7 Å². The van der Waals surface area contributed by atoms with Crippen molar-refractivity contribution in [1.82, 2.24) is 30.4 Å². The summed E-state index contributed by atoms with van der Waals surface area (Å²) in [4.78, 5) is 86.9. The summed E-state index contributed by atoms with van der Waals surface area (Å²) in [5, 5.41) is 28.1. The van der Waals surface area contributed by atoms with Crippen molar-refractivity contribution in [2.45, 2.75) is 89.8 Å². The van der Waals surface area contributed by atoms with Gasteiger partial charge in [0, 0.05) is 47.1 Å². The van der Waals surface area contributed by atoms with Gasteiger partial charge in [0.25, 0.3) is 11.8 Å². The van der Waals surface area contributed by atoms with Crippen LogP contribution in [0.3, 0.4) is 0 Å². The monoisotopic (exact) mass is 756 g/mol. The smallest absolute Gasteiger partial charge is 0.410 e. The first-order valence-corrected chi connectivity index (χ1v) is 18.1. The highest BCUT2D eigenvalue weighted by molar-refractivity contribution is 7.10. The third kappa shape index (κ3) is 9.22. The van der Waals surface area contributed by atoms with Gasteiger partial charge in [0.15, 0.2) is 11.4 Å². The molecule has 2 aromatic heterocycles. The summed E-state index contributed by atoms with van der Waals surface area (Å²) < 4.78 is 11.1. The molecule has 2 aliphatic rings. The van der Waals surface area contributed by atoms with Crippen LogP contribution in [0, 0.1) is 0 Å². The van der Waals surface area contributed by atoms with Gasteiger partial charge in [0.2, 0.25) is 0 Å². The number of hydrogen-bond acceptors (Lipinski definition) is 12. The molecule has 2 aliphatic heterocycles. The van der Waals surface area contributed by atoms with Crippen LogP contribution in [0.1, 0.15) is 118 Å². The van der Waals surface area contributed by atoms with Gasteiger partial charge < -0.3 is 30.3 Å². The third-order valence-electron chi connectivity index (χ3n) is 7.99. The van der Waals surface area contributed by atoms with Gasteiger partial charge >= 0.3 is 24.1 Å². The Kier molecular flexibility index (Phi) is 10.9. The second-order valence-corrected chi connectivity index (χ2v) is 16.2. The van der Waals surface area contributed by atoms with E-state index in [1.165, 1.54) is 44.8 Å². The molecule has 4 amide bonds. The number of aromatic nitrogens is 2. The molecule has 0 radical (unpaired) electrons. The van der Waals surface area contributed by atoms with E-state index >= 15 is 0 Å². The van der Waals surface area contributed by atoms with E-state index in [1.54, 1.807) is 41.5 Å². The van der Waals surface area contributed by atoms with Crippen LogP contribution in [0.5, 0.6) is 0 Å². The van der Waals surface area contributed by atoms with Crippen LogP contribution in [0.2, 0.25) is 0 Å². The van der Waals surface area contributed by atoms with Crippen LogP contribution in [0.25, 0.3) is 0 Å². The normalized spacial score (nSPS) is 20.3. The van der Waals surface area contributed by atoms with E-state index in [-0.39, 0.29) is 48.4 Å². The van der Waals surface area contributed by atoms with Gasteiger partial charge in [0.1, 0.15) is 21.2 Å². The number of aromatic carboxylic acids is 2. The van der Waals surface area contributed by atoms with Crippen molar-refractivity contribution in [3.8, 4) is 0 Å². The van der Waals surface area contributed by atoms with E-state index < -0.39 is 71.3 Å². The lowest BCUT2D eigenvalue weighted by Gasteiger charge is -2.27. The van der Waals surface area contributed by atoms with Crippen molar-refractivity contribution in [2.75, 3.05) is 13.1 Å². The third-order valence-corrected chi connectivity index (χ3v) is 9.88. The molecule has 4 heterocycles. The predicted octanol–water partition coefficient (Wildman–Crippen LogP) is 4.96. The van der Waals surface area contributed by atoms with Crippen LogP contribution >= 0.6 is 22.7 Å². The van der Waals surface area contributed by atoms with Crippen LogP contribution in [0.15, 0.2) is 35.0 Å². The number of nitrogens with zero attached hydrogens (tertiary/aromatic N) is 4. The molecule has 0 spiro atoms. The Bertz CT molecular complexity index is 1730. The van der Waals surface area contributed by atoms with E-state index in [9.17, 15) is 39.0 Å². The van der Waals surface area contributed by atoms with Crippen molar-refractivity contribution in [3.63, 3.8) is 0 Å². The molecule has 2 saturated heterocycles. The van der Waals surface area contributed by atoms with Crippen molar-refractivity contribution >= 4 is 58.6 Å². The van der Waals surface area contributed by atoms with Crippen LogP contribution in [0.4, 0.5) is 9.59 Å². The number of carbonyl (C=O) groups is 6. The summed E-state index contributed by atoms with van der Waals surface area (Å²) in [5.41, 5.74) is -1.31. The second-order valence-electron chi connectivity index (χ2n) is 14.4. The molecule has 18 heteroatoms. The number of nitrogens with one attached hydrogen (secondary N) is 2. The molecule has 3 aromatic rings. The number of hydrogen-bond donors (Lipinski definition) is 4. The number of carbonyl (C=O) groups excluding carboxylic acids is 4. The Labute approximate surface area is 307 Å². The SMILES string of the molecule is CC(C)(C)OC(=O)N1CC(NC(=O)c2ccc(C(=O)NC3CC(c4nc(C(=O)O)cs4)N(C(=O)OC(C)(C)C)C3)cc2)CC1c1nc(C(=O)O)cs1. The maximum absolute atomic E-state index is 13.3. The Balaban J connectivity index is 1.24. The van der Waals surface area contributed by atoms with Crippen LogP contribution in [-0.4, -0.2) is 102 Å². The second kappa shape index (κ2) is 14.9. The molecule has 5 rings (SSSR count). The fourth-order valence-electron chi connectivity index (χ4n) is 5.78. The van der Waals surface area contributed by atoms with E-state index in [4.69, 9.17) is 9.47 Å². The first-order chi connectivity index (χ1) is 24.3. The average molecular weight is 757 g/mol. The van der Waals surface area contributed by atoms with Gasteiger partial charge in [-0.2, -0.15) is 0 Å². The molecule has 4 unspecified atom stereocenters. The maximum Gasteiger partial charge on any atom is 0.410 e. The molecular formula is C34H40N6O10S2. The predicted molar refractivity (Wildman–Crippen MR) is 188 cm³/mol. The highest BCUT2D eigenvalue weighted by Crippen LogP contribution is 2.37. The Morgan fingerprint density at radius 1 is 0.673 bits per heavy atom. The Morgan fingerprint density at radius 2 is 1.02 bits per heavy atom. The summed E-state index contributed by atoms with van der Waals surface area (Å²) >= 11 is 2.22. The molecule has 4 atom stereocenters. The van der Waals surface area contributed by atoms with Gasteiger partial charge in [-0.25, -0.2) is 29.1 Å². The molecule has 278 valence electrons. The van der Waals surface area contributed by atoms with E-state index in [2.05, 4.69) is 20.6 Å². The zero-order valence-electron chi connectivity index (χ0n) is 29.4. The minimum atomic E-state index is -1.19. The number of benzene rings is 1. The molecule has 0 saturated carbocycles. The number of amides is 4. The fraction of sp³-hybridized carbons (Fsp3) is 0.471. The largest absolute Gasteiger partial charge is 0.476 e. The standard InChI is InChI=1S/C34H40N6O10S2/c1-33(2,3)49-31(47)39-13-19(11-23(39)27-37-21(15-51-27)29(43)44)35-25(41)17-7-9-18(10-8-17)26(42)36-20-12-24(28-38-22(16-52-28)30(45)46)40(14-20)32(48)50-34(4,5)6/h7-10,15-16,19-20,23-24H,11-14H2,1-6H3,(H,35,41)(H,36,42)(H,43,44)(H,45,46). The van der Waals surface area contributed by atoms with Crippen molar-refractivity contribution in [2.24, 2.45) is 0 Å². The van der Waals surface area contributed by atoms with Crippen molar-refractivity contribution in [1.29, 1.82) is 0 Å². The molecule has 1 aromatic carbocycles. The fourth-order valence-corrected chi connectivity index (χ4v) is 7.62. The lowest BCUT2D eigenvalue weighted by Crippen LogP contribution is -2.41. The quantitative estimate of drug-likeness (QED) is 0.240. The van der Waals surface area contributed by atoms with Gasteiger partial charge in [-0.3, -0.25) is 19.4 Å². The van der Waals surface area contributed by atoms with Crippen LogP contribution in [-0.2, 0) is 9.47 Å². The lowest BCUT2D eigenvalue weighted by atomic mass is 10.1. The number of carboxylic acids is 2. The molecule has 4 N–H and O–H groups in total. The summed E-state index contributed by atoms with van der Waals surface area (Å²) in [7, 11) is 0. The van der Waals surface area contributed by atoms with Crippen molar-refractivity contribution in [3.05, 3.63) is 67.6 Å². The lowest BCUT2D eigenvalue weighted by molar-refractivity contribution is 0.0210. The molecular weight excluding hydrogens is 717 g/mol. The number of likely N-dealkylation sites (tertiary alicyclic amines) is 2. The van der Waals surface area contributed by atoms with Crippen LogP contribution < -0.4 is 10.6 Å². The van der Waals surface area contributed by atoms with E-state index in [0.29, 0.717) is 10.0 Å². The first kappa shape index (κ1) is 38.1. The first-order valence-electron chi connectivity index (χ1n) is 16.4. The summed E-state index contributed by atoms with van der Waals surface area (Å²) in [6, 6.07) is 3.76. The zero-order chi connectivity index (χ0) is 38.1. The number of carboxylic acid groups (broad SMARTS) is 2. The topological polar surface area (TPSA) is 218 Å². The van der Waals surface area contributed by atoms with Gasteiger partial charge in [-0.1, -0.05) is 0 Å². The van der Waals surface area contributed by atoms with Gasteiger partial charge in [-0.05, 0) is 78.6 Å². The number of ether oxygens (including phenoxy) is 2. The summed E-state index contributed by atoms with van der Waals surface area (Å²) in [6.07, 6.45) is -0.675.